The Balaban J connectivity index is 1.86. The van der Waals surface area contributed by atoms with Crippen molar-refractivity contribution in [3.05, 3.63) is 35.9 Å². The van der Waals surface area contributed by atoms with E-state index in [9.17, 15) is 0 Å². The van der Waals surface area contributed by atoms with E-state index in [2.05, 4.69) is 35.8 Å². The number of fused-ring (bicyclic) bond motifs is 1. The maximum absolute atomic E-state index is 5.66. The van der Waals surface area contributed by atoms with Gasteiger partial charge in [0.05, 0.1) is 0 Å². The first-order valence-electron chi connectivity index (χ1n) is 5.41. The van der Waals surface area contributed by atoms with Crippen molar-refractivity contribution in [2.75, 3.05) is 0 Å². The quantitative estimate of drug-likeness (QED) is 0.732. The number of hydroxylamine groups is 1. The second kappa shape index (κ2) is 3.37. The van der Waals surface area contributed by atoms with Gasteiger partial charge >= 0.3 is 0 Å². The van der Waals surface area contributed by atoms with E-state index in [1.807, 2.05) is 0 Å². The van der Waals surface area contributed by atoms with Crippen LogP contribution < -0.4 is 5.48 Å². The van der Waals surface area contributed by atoms with E-state index in [0.717, 1.165) is 0 Å². The third kappa shape index (κ3) is 1.26. The number of hydrogen-bond acceptors (Lipinski definition) is 2. The molecule has 1 heterocycles. The van der Waals surface area contributed by atoms with Gasteiger partial charge in [-0.05, 0) is 18.4 Å². The van der Waals surface area contributed by atoms with Crippen LogP contribution in [0.25, 0.3) is 0 Å². The lowest BCUT2D eigenvalue weighted by Crippen LogP contribution is -2.20. The van der Waals surface area contributed by atoms with Crippen LogP contribution in [-0.2, 0) is 4.84 Å². The Labute approximate surface area is 84.2 Å². The molecule has 2 fully saturated rings. The van der Waals surface area contributed by atoms with Crippen LogP contribution in [0, 0.1) is 5.92 Å². The van der Waals surface area contributed by atoms with E-state index >= 15 is 0 Å². The number of nitrogens with one attached hydrogen (secondary N) is 1. The Hall–Kier alpha value is -0.860. The van der Waals surface area contributed by atoms with Crippen LogP contribution in [0.1, 0.15) is 30.9 Å². The largest absolute Gasteiger partial charge is 0.293 e. The summed E-state index contributed by atoms with van der Waals surface area (Å²) in [5, 5.41) is 0. The smallest absolute Gasteiger partial charge is 0.108 e. The van der Waals surface area contributed by atoms with Crippen molar-refractivity contribution >= 4 is 0 Å². The van der Waals surface area contributed by atoms with Gasteiger partial charge in [0.15, 0.2) is 0 Å². The first-order chi connectivity index (χ1) is 6.95. The van der Waals surface area contributed by atoms with Gasteiger partial charge in [-0.3, -0.25) is 4.84 Å². The highest BCUT2D eigenvalue weighted by Gasteiger charge is 2.40. The molecule has 0 bridgehead atoms. The zero-order valence-electron chi connectivity index (χ0n) is 8.15. The van der Waals surface area contributed by atoms with Crippen LogP contribution in [0.3, 0.4) is 0 Å². The van der Waals surface area contributed by atoms with Crippen LogP contribution in [0.15, 0.2) is 30.3 Å². The van der Waals surface area contributed by atoms with E-state index in [4.69, 9.17) is 4.84 Å². The van der Waals surface area contributed by atoms with Gasteiger partial charge in [-0.2, -0.15) is 5.48 Å². The Morgan fingerprint density at radius 1 is 1.14 bits per heavy atom. The van der Waals surface area contributed by atoms with Crippen LogP contribution in [0.5, 0.6) is 0 Å². The molecule has 0 amide bonds. The van der Waals surface area contributed by atoms with Crippen molar-refractivity contribution in [1.29, 1.82) is 0 Å². The molecule has 74 valence electrons. The molecule has 2 nitrogen and oxygen atoms in total. The first-order valence-corrected chi connectivity index (χ1v) is 5.41. The Morgan fingerprint density at radius 2 is 2.00 bits per heavy atom. The molecule has 14 heavy (non-hydrogen) atoms. The van der Waals surface area contributed by atoms with Crippen LogP contribution in [0.4, 0.5) is 0 Å². The summed E-state index contributed by atoms with van der Waals surface area (Å²) in [6.45, 7) is 0. The molecule has 2 heteroatoms. The lowest BCUT2D eigenvalue weighted by Gasteiger charge is -2.14. The van der Waals surface area contributed by atoms with Gasteiger partial charge in [0.1, 0.15) is 6.10 Å². The molecule has 1 aliphatic heterocycles. The SMILES string of the molecule is c1ccc([C@H]2ON[C@H]3CCC[C@H]32)cc1. The van der Waals surface area contributed by atoms with Crippen molar-refractivity contribution in [2.45, 2.75) is 31.4 Å². The monoisotopic (exact) mass is 189 g/mol. The standard InChI is InChI=1S/C12H15NO/c1-2-5-9(6-3-1)12-10-7-4-8-11(10)13-14-12/h1-3,5-6,10-13H,4,7-8H2/t10-,11+,12-/m1/s1. The molecule has 0 aromatic heterocycles. The molecule has 3 atom stereocenters. The average Bonchev–Trinajstić information content (AvgIpc) is 2.79. The number of benzene rings is 1. The summed E-state index contributed by atoms with van der Waals surface area (Å²) < 4.78 is 0. The van der Waals surface area contributed by atoms with Gasteiger partial charge in [0.25, 0.3) is 0 Å². The third-order valence-corrected chi connectivity index (χ3v) is 3.43. The minimum Gasteiger partial charge on any atom is -0.293 e. The minimum atomic E-state index is 0.281. The molecule has 0 radical (unpaired) electrons. The Kier molecular flexibility index (Phi) is 2.03. The van der Waals surface area contributed by atoms with Gasteiger partial charge in [0.2, 0.25) is 0 Å². The topological polar surface area (TPSA) is 21.3 Å². The van der Waals surface area contributed by atoms with E-state index in [-0.39, 0.29) is 6.10 Å². The summed E-state index contributed by atoms with van der Waals surface area (Å²) in [5.74, 6) is 0.692. The maximum Gasteiger partial charge on any atom is 0.108 e. The van der Waals surface area contributed by atoms with Crippen molar-refractivity contribution < 1.29 is 4.84 Å². The molecule has 1 aliphatic carbocycles. The van der Waals surface area contributed by atoms with Gasteiger partial charge < -0.3 is 0 Å². The van der Waals surface area contributed by atoms with Gasteiger partial charge in [-0.25, -0.2) is 0 Å². The van der Waals surface area contributed by atoms with Crippen LogP contribution in [-0.4, -0.2) is 6.04 Å². The third-order valence-electron chi connectivity index (χ3n) is 3.43. The molecule has 1 saturated carbocycles. The summed E-state index contributed by atoms with van der Waals surface area (Å²) in [6.07, 6.45) is 4.20. The van der Waals surface area contributed by atoms with Crippen molar-refractivity contribution in [3.8, 4) is 0 Å². The molecular weight excluding hydrogens is 174 g/mol. The van der Waals surface area contributed by atoms with E-state index in [1.54, 1.807) is 0 Å². The molecule has 1 N–H and O–H groups in total. The number of hydrogen-bond donors (Lipinski definition) is 1. The minimum absolute atomic E-state index is 0.281. The molecule has 1 aromatic carbocycles. The molecule has 1 saturated heterocycles. The molecular formula is C12H15NO. The molecule has 1 aromatic rings. The summed E-state index contributed by atoms with van der Waals surface area (Å²) >= 11 is 0. The average molecular weight is 189 g/mol. The molecule has 2 aliphatic rings. The fourth-order valence-electron chi connectivity index (χ4n) is 2.70. The summed E-state index contributed by atoms with van der Waals surface area (Å²) in [4.78, 5) is 5.66. The van der Waals surface area contributed by atoms with Crippen molar-refractivity contribution in [3.63, 3.8) is 0 Å². The highest BCUT2D eigenvalue weighted by Crippen LogP contribution is 2.42. The predicted molar refractivity (Wildman–Crippen MR) is 54.5 cm³/mol. The Bertz CT molecular complexity index is 311. The summed E-state index contributed by atoms with van der Waals surface area (Å²) in [6, 6.07) is 11.1. The summed E-state index contributed by atoms with van der Waals surface area (Å²) in [7, 11) is 0. The lowest BCUT2D eigenvalue weighted by molar-refractivity contribution is 0.0129. The second-order valence-corrected chi connectivity index (χ2v) is 4.27. The zero-order valence-corrected chi connectivity index (χ0v) is 8.15. The predicted octanol–water partition coefficient (Wildman–Crippen LogP) is 2.43. The highest BCUT2D eigenvalue weighted by atomic mass is 16.7. The van der Waals surface area contributed by atoms with Gasteiger partial charge in [-0.1, -0.05) is 36.8 Å². The normalized spacial score (nSPS) is 35.9. The molecule has 3 rings (SSSR count). The summed E-state index contributed by atoms with van der Waals surface area (Å²) in [5.41, 5.74) is 4.48. The zero-order chi connectivity index (χ0) is 9.38. The van der Waals surface area contributed by atoms with E-state index in [0.29, 0.717) is 12.0 Å². The van der Waals surface area contributed by atoms with Gasteiger partial charge in [0, 0.05) is 12.0 Å². The second-order valence-electron chi connectivity index (χ2n) is 4.27. The van der Waals surface area contributed by atoms with Gasteiger partial charge in [-0.15, -0.1) is 0 Å². The molecule has 0 spiro atoms. The van der Waals surface area contributed by atoms with E-state index < -0.39 is 0 Å². The molecule has 0 unspecified atom stereocenters. The fourth-order valence-corrected chi connectivity index (χ4v) is 2.70. The van der Waals surface area contributed by atoms with Crippen LogP contribution in [0.2, 0.25) is 0 Å². The number of rotatable bonds is 1. The Morgan fingerprint density at radius 3 is 2.86 bits per heavy atom. The maximum atomic E-state index is 5.66. The van der Waals surface area contributed by atoms with Crippen molar-refractivity contribution in [2.24, 2.45) is 5.92 Å². The first kappa shape index (κ1) is 8.45. The highest BCUT2D eigenvalue weighted by molar-refractivity contribution is 5.20. The van der Waals surface area contributed by atoms with Crippen LogP contribution >= 0.6 is 0 Å². The lowest BCUT2D eigenvalue weighted by atomic mass is 9.93. The fraction of sp³-hybridized carbons (Fsp3) is 0.500. The van der Waals surface area contributed by atoms with Crippen molar-refractivity contribution in [1.82, 2.24) is 5.48 Å². The van der Waals surface area contributed by atoms with E-state index in [1.165, 1.54) is 24.8 Å².